The fourth-order valence-electron chi connectivity index (χ4n) is 0. The first-order valence-electron chi connectivity index (χ1n) is 0. The van der Waals surface area contributed by atoms with Crippen molar-refractivity contribution in [1.82, 2.24) is 0 Å². The van der Waals surface area contributed by atoms with Crippen LogP contribution in [0.1, 0.15) is 0 Å². The summed E-state index contributed by atoms with van der Waals surface area (Å²) >= 11 is 0. The largest absolute Gasteiger partial charge is 1.00 e. The van der Waals surface area contributed by atoms with Crippen molar-refractivity contribution >= 4 is 8.41 Å². The number of hydrogen-bond donors (Lipinski definition) is 0. The maximum Gasteiger partial charge on any atom is 1.00 e. The molecule has 0 amide bonds. The molecule has 0 saturated carbocycles. The van der Waals surface area contributed by atoms with Gasteiger partial charge in [0.2, 0.25) is 0 Å². The van der Waals surface area contributed by atoms with Gasteiger partial charge < -0.3 is 17.9 Å². The molecule has 2 N–H and O–H groups in total. The van der Waals surface area contributed by atoms with Crippen molar-refractivity contribution in [1.29, 1.82) is 0 Å². The molecule has 1 nitrogen and oxygen atoms in total. The third kappa shape index (κ3) is 29.1. The Hall–Kier alpha value is 2.81. The van der Waals surface area contributed by atoms with Crippen molar-refractivity contribution in [3.63, 3.8) is 0 Å². The predicted octanol–water partition coefficient (Wildman–Crippen LogP) is -11.3. The summed E-state index contributed by atoms with van der Waals surface area (Å²) < 4.78 is 0. The monoisotopic (exact) mass is 172 g/mol. The molecule has 34 valence electrons. The van der Waals surface area contributed by atoms with E-state index in [1.165, 1.54) is 0 Å². The molecule has 0 aliphatic carbocycles. The SMILES string of the molecule is O.[BH4-].[Cl-].[Na+].[Na+].[Ni]. The average Bonchev–Trinajstić information content (AvgIpc) is 0. The molecule has 0 fully saturated rings. The van der Waals surface area contributed by atoms with Gasteiger partial charge in [-0.3, -0.25) is 0 Å². The Morgan fingerprint density at radius 3 is 0.833 bits per heavy atom. The van der Waals surface area contributed by atoms with E-state index in [1.54, 1.807) is 0 Å². The molecule has 0 radical (unpaired) electrons. The number of hydrogen-bond acceptors (Lipinski definition) is 0. The van der Waals surface area contributed by atoms with E-state index >= 15 is 0 Å². The molecule has 0 bridgehead atoms. The molecular formula is H6BClNa2NiO. The second kappa shape index (κ2) is 45.9. The van der Waals surface area contributed by atoms with Crippen LogP contribution < -0.4 is 71.5 Å². The molecule has 0 unspecified atom stereocenters. The van der Waals surface area contributed by atoms with Crippen molar-refractivity contribution in [2.45, 2.75) is 0 Å². The van der Waals surface area contributed by atoms with Gasteiger partial charge in [-0.15, -0.1) is 0 Å². The molecule has 0 aromatic rings. The zero-order chi connectivity index (χ0) is 0. The Kier molecular flexibility index (Phi) is 521. The van der Waals surface area contributed by atoms with Crippen molar-refractivity contribution in [2.75, 3.05) is 0 Å². The van der Waals surface area contributed by atoms with Crippen LogP contribution in [-0.2, 0) is 16.5 Å². The van der Waals surface area contributed by atoms with E-state index < -0.39 is 0 Å². The van der Waals surface area contributed by atoms with Gasteiger partial charge in [0, 0.05) is 16.5 Å². The molecule has 0 aromatic heterocycles. The van der Waals surface area contributed by atoms with Gasteiger partial charge in [0.1, 0.15) is 0 Å². The summed E-state index contributed by atoms with van der Waals surface area (Å²) in [6, 6.07) is 0. The van der Waals surface area contributed by atoms with Gasteiger partial charge in [0.15, 0.2) is 0 Å². The Labute approximate surface area is 100 Å². The summed E-state index contributed by atoms with van der Waals surface area (Å²) in [6.07, 6.45) is 0. The Morgan fingerprint density at radius 1 is 0.833 bits per heavy atom. The molecular weight excluding hydrogens is 167 g/mol. The standard InChI is InChI=1S/BH4.ClH.2Na.Ni.H2O/h1H4;1H;;;;1H2/q-1;;2*+1;;/p-1. The van der Waals surface area contributed by atoms with Gasteiger partial charge in [-0.1, -0.05) is 8.41 Å². The molecule has 0 heterocycles. The normalized spacial score (nSPS) is 0. The summed E-state index contributed by atoms with van der Waals surface area (Å²) in [5.41, 5.74) is 0. The van der Waals surface area contributed by atoms with Crippen molar-refractivity contribution < 1.29 is 93.5 Å². The molecule has 6 heavy (non-hydrogen) atoms. The van der Waals surface area contributed by atoms with Crippen molar-refractivity contribution in [3.05, 3.63) is 0 Å². The van der Waals surface area contributed by atoms with Crippen LogP contribution in [0.2, 0.25) is 0 Å². The van der Waals surface area contributed by atoms with Gasteiger partial charge in [0.05, 0.1) is 0 Å². The number of rotatable bonds is 0. The minimum atomic E-state index is 0. The Morgan fingerprint density at radius 2 is 0.833 bits per heavy atom. The average molecular weight is 173 g/mol. The fourth-order valence-corrected chi connectivity index (χ4v) is 0. The van der Waals surface area contributed by atoms with Crippen LogP contribution in [0, 0.1) is 0 Å². The summed E-state index contributed by atoms with van der Waals surface area (Å²) in [5.74, 6) is 0. The molecule has 0 atom stereocenters. The van der Waals surface area contributed by atoms with Crippen LogP contribution in [0.3, 0.4) is 0 Å². The second-order valence-corrected chi connectivity index (χ2v) is 0. The van der Waals surface area contributed by atoms with E-state index in [1.807, 2.05) is 0 Å². The molecule has 0 rings (SSSR count). The molecule has 0 aliphatic rings. The molecule has 0 aliphatic heterocycles. The summed E-state index contributed by atoms with van der Waals surface area (Å²) in [6.45, 7) is 0. The van der Waals surface area contributed by atoms with Gasteiger partial charge in [0.25, 0.3) is 0 Å². The van der Waals surface area contributed by atoms with Crippen LogP contribution in [0.4, 0.5) is 0 Å². The summed E-state index contributed by atoms with van der Waals surface area (Å²) in [5, 5.41) is 0. The first-order chi connectivity index (χ1) is 0. The maximum atomic E-state index is 0. The second-order valence-electron chi connectivity index (χ2n) is 0. The first-order valence-corrected chi connectivity index (χ1v) is 0. The smallest absolute Gasteiger partial charge is 1.00 e. The van der Waals surface area contributed by atoms with E-state index in [4.69, 9.17) is 0 Å². The third-order valence-electron chi connectivity index (χ3n) is 0. The van der Waals surface area contributed by atoms with Gasteiger partial charge in [-0.05, 0) is 0 Å². The Bertz CT molecular complexity index is 13.5. The Balaban J connectivity index is 0. The van der Waals surface area contributed by atoms with Crippen molar-refractivity contribution in [2.24, 2.45) is 0 Å². The molecule has 0 saturated heterocycles. The number of halogens is 1. The van der Waals surface area contributed by atoms with E-state index in [-0.39, 0.29) is 102 Å². The minimum absolute atomic E-state index is 0. The topological polar surface area (TPSA) is 31.5 Å². The predicted molar refractivity (Wildman–Crippen MR) is 14.9 cm³/mol. The van der Waals surface area contributed by atoms with Gasteiger partial charge in [-0.25, -0.2) is 0 Å². The summed E-state index contributed by atoms with van der Waals surface area (Å²) in [7, 11) is 0. The van der Waals surface area contributed by atoms with Crippen LogP contribution in [-0.4, -0.2) is 13.9 Å². The van der Waals surface area contributed by atoms with E-state index in [9.17, 15) is 0 Å². The van der Waals surface area contributed by atoms with E-state index in [2.05, 4.69) is 0 Å². The zero-order valence-electron chi connectivity index (χ0n) is 3.19. The van der Waals surface area contributed by atoms with Crippen LogP contribution in [0.5, 0.6) is 0 Å². The van der Waals surface area contributed by atoms with E-state index in [0.717, 1.165) is 0 Å². The van der Waals surface area contributed by atoms with Gasteiger partial charge >= 0.3 is 59.1 Å². The van der Waals surface area contributed by atoms with Crippen LogP contribution in [0.25, 0.3) is 0 Å². The quantitative estimate of drug-likeness (QED) is 0.326. The molecule has 0 aromatic carbocycles. The van der Waals surface area contributed by atoms with E-state index in [0.29, 0.717) is 0 Å². The molecule has 0 spiro atoms. The maximum absolute atomic E-state index is 0. The van der Waals surface area contributed by atoms with Gasteiger partial charge in [-0.2, -0.15) is 0 Å². The minimum Gasteiger partial charge on any atom is -1.00 e. The third-order valence-corrected chi connectivity index (χ3v) is 0. The zero-order valence-corrected chi connectivity index (χ0v) is 8.94. The molecule has 6 heteroatoms. The first kappa shape index (κ1) is 68.1. The fraction of sp³-hybridized carbons (Fsp3) is 0. The van der Waals surface area contributed by atoms with Crippen LogP contribution >= 0.6 is 0 Å². The van der Waals surface area contributed by atoms with Crippen molar-refractivity contribution in [3.8, 4) is 0 Å². The van der Waals surface area contributed by atoms with Crippen LogP contribution in [0.15, 0.2) is 0 Å². The summed E-state index contributed by atoms with van der Waals surface area (Å²) in [4.78, 5) is 0.